The summed E-state index contributed by atoms with van der Waals surface area (Å²) in [6.07, 6.45) is 4.85. The lowest BCUT2D eigenvalue weighted by Crippen LogP contribution is -2.55. The summed E-state index contributed by atoms with van der Waals surface area (Å²) in [6, 6.07) is 0. The Bertz CT molecular complexity index is 661. The third-order valence-corrected chi connectivity index (χ3v) is 7.28. The van der Waals surface area contributed by atoms with Crippen molar-refractivity contribution in [1.29, 1.82) is 0 Å². The molecule has 2 amide bonds. The van der Waals surface area contributed by atoms with Crippen molar-refractivity contribution in [1.82, 2.24) is 10.6 Å². The van der Waals surface area contributed by atoms with Crippen molar-refractivity contribution in [3.8, 4) is 0 Å². The third-order valence-electron chi connectivity index (χ3n) is 7.28. The Morgan fingerprint density at radius 1 is 0.929 bits per heavy atom. The van der Waals surface area contributed by atoms with Crippen LogP contribution in [-0.2, 0) is 19.1 Å². The second-order valence-corrected chi connectivity index (χ2v) is 11.8. The highest BCUT2D eigenvalue weighted by Crippen LogP contribution is 2.61. The first-order chi connectivity index (χ1) is 12.9. The molecule has 158 valence electrons. The largest absolute Gasteiger partial charge is 0.373 e. The summed E-state index contributed by atoms with van der Waals surface area (Å²) in [5.74, 6) is 0.878. The molecule has 0 spiro atoms. The van der Waals surface area contributed by atoms with Gasteiger partial charge in [-0.15, -0.1) is 0 Å². The lowest BCUT2D eigenvalue weighted by atomic mass is 9.57. The van der Waals surface area contributed by atoms with Crippen LogP contribution in [0.4, 0.5) is 0 Å². The highest BCUT2D eigenvalue weighted by molar-refractivity contribution is 5.82. The highest BCUT2D eigenvalue weighted by atomic mass is 16.5. The molecule has 4 bridgehead atoms. The van der Waals surface area contributed by atoms with Crippen molar-refractivity contribution < 1.29 is 19.1 Å². The van der Waals surface area contributed by atoms with Crippen LogP contribution in [0.2, 0.25) is 0 Å². The number of nitrogens with one attached hydrogen (secondary N) is 2. The van der Waals surface area contributed by atoms with Crippen molar-refractivity contribution in [2.75, 3.05) is 26.3 Å². The minimum absolute atomic E-state index is 0.0568. The van der Waals surface area contributed by atoms with E-state index in [-0.39, 0.29) is 33.8 Å². The van der Waals surface area contributed by atoms with Gasteiger partial charge in [-0.2, -0.15) is 0 Å². The predicted molar refractivity (Wildman–Crippen MR) is 106 cm³/mol. The first-order valence-electron chi connectivity index (χ1n) is 10.7. The van der Waals surface area contributed by atoms with Gasteiger partial charge in [-0.1, -0.05) is 34.6 Å². The van der Waals surface area contributed by atoms with E-state index in [2.05, 4.69) is 10.6 Å². The van der Waals surface area contributed by atoms with Crippen molar-refractivity contribution >= 4 is 11.8 Å². The minimum atomic E-state index is -0.438. The Morgan fingerprint density at radius 2 is 1.54 bits per heavy atom. The van der Waals surface area contributed by atoms with E-state index in [0.29, 0.717) is 25.6 Å². The fraction of sp³-hybridized carbons (Fsp3) is 0.909. The Labute approximate surface area is 168 Å². The first kappa shape index (κ1) is 20.1. The average Bonchev–Trinajstić information content (AvgIpc) is 3.26. The molecule has 0 aromatic carbocycles. The Morgan fingerprint density at radius 3 is 2.11 bits per heavy atom. The fourth-order valence-electron chi connectivity index (χ4n) is 5.90. The zero-order valence-corrected chi connectivity index (χ0v) is 18.1. The summed E-state index contributed by atoms with van der Waals surface area (Å²) >= 11 is 0. The maximum absolute atomic E-state index is 12.9. The van der Waals surface area contributed by atoms with Gasteiger partial charge in [0.05, 0.1) is 24.4 Å². The van der Waals surface area contributed by atoms with Crippen LogP contribution in [0.25, 0.3) is 0 Å². The summed E-state index contributed by atoms with van der Waals surface area (Å²) in [5, 5.41) is 6.21. The Balaban J connectivity index is 1.26. The van der Waals surface area contributed by atoms with Crippen molar-refractivity contribution in [3.05, 3.63) is 0 Å². The number of ether oxygens (including phenoxy) is 2. The number of carbonyl (C=O) groups is 2. The number of hydrogen-bond acceptors (Lipinski definition) is 4. The van der Waals surface area contributed by atoms with Gasteiger partial charge in [0.1, 0.15) is 0 Å². The SMILES string of the molecule is CC(C)(C)C(=O)NCC12CC(CC(C)(C)C(=O)NCC34CC(CO3)C4)(CO1)C2. The van der Waals surface area contributed by atoms with E-state index in [1.165, 1.54) is 0 Å². The monoisotopic (exact) mass is 392 g/mol. The first-order valence-corrected chi connectivity index (χ1v) is 10.7. The van der Waals surface area contributed by atoms with E-state index in [4.69, 9.17) is 9.47 Å². The van der Waals surface area contributed by atoms with Gasteiger partial charge in [-0.3, -0.25) is 9.59 Å². The molecule has 4 aliphatic heterocycles. The van der Waals surface area contributed by atoms with Gasteiger partial charge in [0, 0.05) is 29.3 Å². The van der Waals surface area contributed by atoms with Crippen molar-refractivity contribution in [3.63, 3.8) is 0 Å². The topological polar surface area (TPSA) is 76.7 Å². The molecule has 0 radical (unpaired) electrons. The van der Waals surface area contributed by atoms with E-state index >= 15 is 0 Å². The molecule has 0 aromatic rings. The average molecular weight is 393 g/mol. The number of amides is 2. The van der Waals surface area contributed by atoms with Crippen molar-refractivity contribution in [2.24, 2.45) is 22.2 Å². The molecule has 4 saturated heterocycles. The van der Waals surface area contributed by atoms with Crippen molar-refractivity contribution in [2.45, 2.75) is 77.9 Å². The van der Waals surface area contributed by atoms with E-state index in [1.54, 1.807) is 0 Å². The van der Waals surface area contributed by atoms with Gasteiger partial charge in [-0.05, 0) is 38.0 Å². The molecule has 2 N–H and O–H groups in total. The van der Waals surface area contributed by atoms with Crippen LogP contribution >= 0.6 is 0 Å². The van der Waals surface area contributed by atoms with E-state index < -0.39 is 5.41 Å². The van der Waals surface area contributed by atoms with E-state index in [1.807, 2.05) is 34.6 Å². The van der Waals surface area contributed by atoms with Crippen LogP contribution in [0.3, 0.4) is 0 Å². The summed E-state index contributed by atoms with van der Waals surface area (Å²) in [6.45, 7) is 12.6. The van der Waals surface area contributed by atoms with Gasteiger partial charge in [0.15, 0.2) is 0 Å². The zero-order chi connectivity index (χ0) is 20.4. The number of fused-ring (bicyclic) bond motifs is 2. The smallest absolute Gasteiger partial charge is 0.225 e. The fourth-order valence-corrected chi connectivity index (χ4v) is 5.90. The normalized spacial score (nSPS) is 38.5. The maximum Gasteiger partial charge on any atom is 0.225 e. The van der Waals surface area contributed by atoms with Gasteiger partial charge in [0.25, 0.3) is 0 Å². The highest BCUT2D eigenvalue weighted by Gasteiger charge is 2.63. The molecule has 6 fully saturated rings. The van der Waals surface area contributed by atoms with Gasteiger partial charge in [0.2, 0.25) is 11.8 Å². The summed E-state index contributed by atoms with van der Waals surface area (Å²) in [4.78, 5) is 25.0. The zero-order valence-electron chi connectivity index (χ0n) is 18.1. The minimum Gasteiger partial charge on any atom is -0.373 e. The van der Waals surface area contributed by atoms with Gasteiger partial charge < -0.3 is 20.1 Å². The Kier molecular flexibility index (Phi) is 4.45. The predicted octanol–water partition coefficient (Wildman–Crippen LogP) is 2.41. The molecule has 28 heavy (non-hydrogen) atoms. The van der Waals surface area contributed by atoms with E-state index in [0.717, 1.165) is 38.7 Å². The number of rotatable bonds is 7. The molecule has 6 rings (SSSR count). The summed E-state index contributed by atoms with van der Waals surface area (Å²) in [7, 11) is 0. The molecule has 0 atom stereocenters. The molecule has 2 aliphatic carbocycles. The van der Waals surface area contributed by atoms with Crippen LogP contribution in [0.5, 0.6) is 0 Å². The molecule has 6 nitrogen and oxygen atoms in total. The second-order valence-electron chi connectivity index (χ2n) is 11.8. The summed E-state index contributed by atoms with van der Waals surface area (Å²) in [5.41, 5.74) is -1.07. The Hall–Kier alpha value is -1.14. The molecule has 0 unspecified atom stereocenters. The van der Waals surface area contributed by atoms with Crippen LogP contribution in [0.15, 0.2) is 0 Å². The van der Waals surface area contributed by atoms with Gasteiger partial charge in [-0.25, -0.2) is 0 Å². The second kappa shape index (κ2) is 6.18. The number of carbonyl (C=O) groups excluding carboxylic acids is 2. The van der Waals surface area contributed by atoms with Crippen LogP contribution in [0, 0.1) is 22.2 Å². The third kappa shape index (κ3) is 3.47. The van der Waals surface area contributed by atoms with Crippen LogP contribution in [-0.4, -0.2) is 49.3 Å². The van der Waals surface area contributed by atoms with Crippen LogP contribution in [0.1, 0.15) is 66.7 Å². The quantitative estimate of drug-likeness (QED) is 0.698. The molecule has 2 saturated carbocycles. The van der Waals surface area contributed by atoms with Gasteiger partial charge >= 0.3 is 0 Å². The molecule has 6 heteroatoms. The molecule has 0 aromatic heterocycles. The molecule has 4 heterocycles. The molecular weight excluding hydrogens is 356 g/mol. The lowest BCUT2D eigenvalue weighted by Gasteiger charge is -2.47. The summed E-state index contributed by atoms with van der Waals surface area (Å²) < 4.78 is 12.0. The number of hydrogen-bond donors (Lipinski definition) is 2. The molecule has 6 aliphatic rings. The maximum atomic E-state index is 12.9. The lowest BCUT2D eigenvalue weighted by molar-refractivity contribution is -0.134. The molecular formula is C22H36N2O4. The van der Waals surface area contributed by atoms with E-state index in [9.17, 15) is 9.59 Å². The standard InChI is InChI=1S/C22H36N2O4/c1-18(2,3)16(25)23-13-22-10-20(11-22,14-28-22)9-19(4,5)17(26)24-12-21-6-15(7-21)8-27-21/h15H,6-14H2,1-5H3,(H,23,25)(H,24,26). The van der Waals surface area contributed by atoms with Crippen LogP contribution < -0.4 is 10.6 Å².